The highest BCUT2D eigenvalue weighted by Gasteiger charge is 2.26. The lowest BCUT2D eigenvalue weighted by Gasteiger charge is -2.31. The quantitative estimate of drug-likeness (QED) is 0.773. The van der Waals surface area contributed by atoms with Crippen LogP contribution in [-0.2, 0) is 4.79 Å². The van der Waals surface area contributed by atoms with E-state index in [0.29, 0.717) is 18.3 Å². The minimum Gasteiger partial charge on any atom is -0.342 e. The molecule has 0 N–H and O–H groups in total. The van der Waals surface area contributed by atoms with E-state index < -0.39 is 0 Å². The Morgan fingerprint density at radius 3 is 2.41 bits per heavy atom. The first-order valence-corrected chi connectivity index (χ1v) is 8.44. The largest absolute Gasteiger partial charge is 0.342 e. The van der Waals surface area contributed by atoms with E-state index in [2.05, 4.69) is 28.9 Å². The number of nitrogens with zero attached hydrogens (tertiary/aromatic N) is 4. The first-order valence-electron chi connectivity index (χ1n) is 8.44. The van der Waals surface area contributed by atoms with Gasteiger partial charge in [-0.3, -0.25) is 9.69 Å². The van der Waals surface area contributed by atoms with E-state index >= 15 is 0 Å². The Bertz CT molecular complexity index is 460. The normalized spacial score (nSPS) is 16.9. The number of amides is 1. The Balaban J connectivity index is 1.80. The van der Waals surface area contributed by atoms with Gasteiger partial charge in [-0.25, -0.2) is 0 Å². The maximum absolute atomic E-state index is 12.4. The summed E-state index contributed by atoms with van der Waals surface area (Å²) in [5.41, 5.74) is 0. The Kier molecular flexibility index (Phi) is 6.36. The summed E-state index contributed by atoms with van der Waals surface area (Å²) in [6.07, 6.45) is 4.00. The summed E-state index contributed by atoms with van der Waals surface area (Å²) in [5.74, 6) is 2.05. The molecule has 0 atom stereocenters. The average molecular weight is 308 g/mol. The van der Waals surface area contributed by atoms with Crippen molar-refractivity contribution in [2.24, 2.45) is 0 Å². The molecule has 22 heavy (non-hydrogen) atoms. The summed E-state index contributed by atoms with van der Waals surface area (Å²) in [4.78, 5) is 21.0. The van der Waals surface area contributed by atoms with Crippen LogP contribution in [0, 0.1) is 6.92 Å². The smallest absolute Gasteiger partial charge is 0.236 e. The predicted octanol–water partition coefficient (Wildman–Crippen LogP) is 2.21. The Labute approximate surface area is 132 Å². The molecule has 1 aromatic rings. The number of aromatic nitrogens is 2. The molecule has 0 spiro atoms. The van der Waals surface area contributed by atoms with Crippen LogP contribution in [0.4, 0.5) is 0 Å². The molecule has 2 heterocycles. The molecule has 0 aliphatic carbocycles. The van der Waals surface area contributed by atoms with Crippen LogP contribution < -0.4 is 0 Å². The van der Waals surface area contributed by atoms with E-state index in [9.17, 15) is 4.79 Å². The van der Waals surface area contributed by atoms with Gasteiger partial charge in [-0.1, -0.05) is 19.0 Å². The second-order valence-corrected chi connectivity index (χ2v) is 6.11. The molecule has 6 nitrogen and oxygen atoms in total. The van der Waals surface area contributed by atoms with Crippen molar-refractivity contribution in [1.29, 1.82) is 0 Å². The Hall–Kier alpha value is -1.43. The monoisotopic (exact) mass is 308 g/mol. The SMILES string of the molecule is CCCN(CCC)C(=O)CN1CCC(c2nc(C)no2)CC1. The van der Waals surface area contributed by atoms with Gasteiger partial charge in [0.1, 0.15) is 0 Å². The number of aryl methyl sites for hydroxylation is 1. The molecule has 124 valence electrons. The minimum atomic E-state index is 0.260. The highest BCUT2D eigenvalue weighted by molar-refractivity contribution is 5.78. The summed E-state index contributed by atoms with van der Waals surface area (Å²) in [7, 11) is 0. The van der Waals surface area contributed by atoms with Gasteiger partial charge in [-0.15, -0.1) is 0 Å². The standard InChI is InChI=1S/C16H28N4O2/c1-4-8-20(9-5-2)15(21)12-19-10-6-14(7-11-19)16-17-13(3)18-22-16/h14H,4-12H2,1-3H3. The molecule has 0 radical (unpaired) electrons. The molecule has 1 aromatic heterocycles. The van der Waals surface area contributed by atoms with E-state index in [1.807, 2.05) is 11.8 Å². The van der Waals surface area contributed by atoms with E-state index in [1.165, 1.54) is 0 Å². The molecule has 0 unspecified atom stereocenters. The third-order valence-electron chi connectivity index (χ3n) is 4.18. The van der Waals surface area contributed by atoms with Crippen LogP contribution in [0.5, 0.6) is 0 Å². The van der Waals surface area contributed by atoms with Crippen LogP contribution in [0.3, 0.4) is 0 Å². The van der Waals surface area contributed by atoms with Crippen molar-refractivity contribution >= 4 is 5.91 Å². The predicted molar refractivity (Wildman–Crippen MR) is 84.6 cm³/mol. The lowest BCUT2D eigenvalue weighted by Crippen LogP contribution is -2.43. The lowest BCUT2D eigenvalue weighted by atomic mass is 9.97. The number of carbonyl (C=O) groups excluding carboxylic acids is 1. The fourth-order valence-corrected chi connectivity index (χ4v) is 3.01. The second kappa shape index (κ2) is 8.27. The number of rotatable bonds is 7. The van der Waals surface area contributed by atoms with Crippen molar-refractivity contribution in [2.75, 3.05) is 32.7 Å². The maximum atomic E-state index is 12.4. The van der Waals surface area contributed by atoms with Gasteiger partial charge in [0.2, 0.25) is 11.8 Å². The van der Waals surface area contributed by atoms with Crippen LogP contribution in [0.25, 0.3) is 0 Å². The van der Waals surface area contributed by atoms with Crippen molar-refractivity contribution in [2.45, 2.75) is 52.4 Å². The first-order chi connectivity index (χ1) is 10.6. The van der Waals surface area contributed by atoms with E-state index in [0.717, 1.165) is 57.8 Å². The van der Waals surface area contributed by atoms with Crippen molar-refractivity contribution in [3.05, 3.63) is 11.7 Å². The van der Waals surface area contributed by atoms with Gasteiger partial charge < -0.3 is 9.42 Å². The first kappa shape index (κ1) is 16.9. The lowest BCUT2D eigenvalue weighted by molar-refractivity contribution is -0.132. The maximum Gasteiger partial charge on any atom is 0.236 e. The fourth-order valence-electron chi connectivity index (χ4n) is 3.01. The highest BCUT2D eigenvalue weighted by atomic mass is 16.5. The van der Waals surface area contributed by atoms with Crippen molar-refractivity contribution < 1.29 is 9.32 Å². The molecular formula is C16H28N4O2. The summed E-state index contributed by atoms with van der Waals surface area (Å²) in [6, 6.07) is 0. The molecule has 2 rings (SSSR count). The molecule has 1 aliphatic rings. The third kappa shape index (κ3) is 4.53. The summed E-state index contributed by atoms with van der Waals surface area (Å²) in [6.45, 7) is 10.2. The van der Waals surface area contributed by atoms with Crippen molar-refractivity contribution in [1.82, 2.24) is 19.9 Å². The number of hydrogen-bond donors (Lipinski definition) is 0. The molecule has 0 bridgehead atoms. The van der Waals surface area contributed by atoms with Gasteiger partial charge in [0.25, 0.3) is 0 Å². The van der Waals surface area contributed by atoms with Crippen LogP contribution in [0.15, 0.2) is 4.52 Å². The van der Waals surface area contributed by atoms with Gasteiger partial charge in [-0.05, 0) is 45.7 Å². The van der Waals surface area contributed by atoms with Crippen LogP contribution in [0.1, 0.15) is 57.2 Å². The second-order valence-electron chi connectivity index (χ2n) is 6.11. The molecule has 1 fully saturated rings. The van der Waals surface area contributed by atoms with Gasteiger partial charge in [0.15, 0.2) is 5.82 Å². The summed E-state index contributed by atoms with van der Waals surface area (Å²) < 4.78 is 5.27. The molecular weight excluding hydrogens is 280 g/mol. The molecule has 1 saturated heterocycles. The van der Waals surface area contributed by atoms with Gasteiger partial charge in [0.05, 0.1) is 6.54 Å². The van der Waals surface area contributed by atoms with Gasteiger partial charge in [0, 0.05) is 19.0 Å². The highest BCUT2D eigenvalue weighted by Crippen LogP contribution is 2.26. The van der Waals surface area contributed by atoms with Crippen LogP contribution in [0.2, 0.25) is 0 Å². The molecule has 0 aromatic carbocycles. The molecule has 0 saturated carbocycles. The van der Waals surface area contributed by atoms with Crippen LogP contribution in [-0.4, -0.2) is 58.6 Å². The third-order valence-corrected chi connectivity index (χ3v) is 4.18. The number of carbonyl (C=O) groups is 1. The Morgan fingerprint density at radius 1 is 1.27 bits per heavy atom. The van der Waals surface area contributed by atoms with Crippen molar-refractivity contribution in [3.63, 3.8) is 0 Å². The molecule has 1 amide bonds. The summed E-state index contributed by atoms with van der Waals surface area (Å²) in [5, 5.41) is 3.86. The summed E-state index contributed by atoms with van der Waals surface area (Å²) >= 11 is 0. The molecule has 6 heteroatoms. The van der Waals surface area contributed by atoms with Gasteiger partial charge >= 0.3 is 0 Å². The zero-order valence-electron chi connectivity index (χ0n) is 14.0. The zero-order valence-corrected chi connectivity index (χ0v) is 14.0. The van der Waals surface area contributed by atoms with Crippen molar-refractivity contribution in [3.8, 4) is 0 Å². The molecule has 1 aliphatic heterocycles. The van der Waals surface area contributed by atoms with Gasteiger partial charge in [-0.2, -0.15) is 4.98 Å². The number of likely N-dealkylation sites (tertiary alicyclic amines) is 1. The average Bonchev–Trinajstić information content (AvgIpc) is 2.94. The topological polar surface area (TPSA) is 62.5 Å². The van der Waals surface area contributed by atoms with E-state index in [4.69, 9.17) is 4.52 Å². The Morgan fingerprint density at radius 2 is 1.91 bits per heavy atom. The number of piperidine rings is 1. The minimum absolute atomic E-state index is 0.260. The zero-order chi connectivity index (χ0) is 15.9. The van der Waals surface area contributed by atoms with E-state index in [-0.39, 0.29) is 5.91 Å². The van der Waals surface area contributed by atoms with Crippen LogP contribution >= 0.6 is 0 Å². The van der Waals surface area contributed by atoms with E-state index in [1.54, 1.807) is 0 Å². The number of hydrogen-bond acceptors (Lipinski definition) is 5. The fraction of sp³-hybridized carbons (Fsp3) is 0.812.